The van der Waals surface area contributed by atoms with Gasteiger partial charge in [-0.3, -0.25) is 4.79 Å². The third-order valence-corrected chi connectivity index (χ3v) is 2.80. The quantitative estimate of drug-likeness (QED) is 0.878. The van der Waals surface area contributed by atoms with Crippen LogP contribution in [0.5, 0.6) is 11.6 Å². The van der Waals surface area contributed by atoms with Crippen molar-refractivity contribution in [1.29, 1.82) is 0 Å². The second-order valence-electron chi connectivity index (χ2n) is 3.79. The van der Waals surface area contributed by atoms with Crippen LogP contribution in [0, 0.1) is 0 Å². The molecule has 98 valence electrons. The monoisotopic (exact) mass is 321 g/mol. The molecule has 0 aliphatic rings. The lowest BCUT2D eigenvalue weighted by Gasteiger charge is -2.06. The molecule has 0 saturated carbocycles. The standard InChI is InChI=1S/C13H12BrN3O2/c1-2-11-16-10(14)7-12(17-11)19-9-5-3-8(4-6-9)13(15)18/h3-7H,2H2,1H3,(H2,15,18). The molecule has 2 N–H and O–H groups in total. The van der Waals surface area contributed by atoms with Crippen LogP contribution in [-0.4, -0.2) is 15.9 Å². The number of carbonyl (C=O) groups is 1. The predicted molar refractivity (Wildman–Crippen MR) is 74.1 cm³/mol. The van der Waals surface area contributed by atoms with Crippen molar-refractivity contribution in [2.45, 2.75) is 13.3 Å². The zero-order chi connectivity index (χ0) is 13.8. The maximum absolute atomic E-state index is 11.0. The van der Waals surface area contributed by atoms with Crippen LogP contribution in [0.4, 0.5) is 0 Å². The Balaban J connectivity index is 2.21. The molecule has 0 aliphatic carbocycles. The van der Waals surface area contributed by atoms with Crippen molar-refractivity contribution in [2.24, 2.45) is 5.73 Å². The molecule has 6 heteroatoms. The van der Waals surface area contributed by atoms with Crippen LogP contribution < -0.4 is 10.5 Å². The number of aryl methyl sites for hydroxylation is 1. The summed E-state index contributed by atoms with van der Waals surface area (Å²) in [5.41, 5.74) is 5.60. The zero-order valence-corrected chi connectivity index (χ0v) is 11.8. The summed E-state index contributed by atoms with van der Waals surface area (Å²) in [6.45, 7) is 1.97. The van der Waals surface area contributed by atoms with E-state index in [4.69, 9.17) is 10.5 Å². The molecule has 19 heavy (non-hydrogen) atoms. The van der Waals surface area contributed by atoms with Crippen LogP contribution >= 0.6 is 15.9 Å². The summed E-state index contributed by atoms with van der Waals surface area (Å²) in [6.07, 6.45) is 0.719. The van der Waals surface area contributed by atoms with Gasteiger partial charge in [0.1, 0.15) is 16.2 Å². The van der Waals surface area contributed by atoms with Crippen molar-refractivity contribution in [1.82, 2.24) is 9.97 Å². The SMILES string of the molecule is CCc1nc(Br)cc(Oc2ccc(C(N)=O)cc2)n1. The molecule has 0 radical (unpaired) electrons. The van der Waals surface area contributed by atoms with E-state index in [1.54, 1.807) is 30.3 Å². The summed E-state index contributed by atoms with van der Waals surface area (Å²) < 4.78 is 6.27. The number of hydrogen-bond acceptors (Lipinski definition) is 4. The average molecular weight is 322 g/mol. The molecule has 1 aromatic carbocycles. The van der Waals surface area contributed by atoms with Crippen molar-refractivity contribution in [3.05, 3.63) is 46.3 Å². The first-order chi connectivity index (χ1) is 9.08. The lowest BCUT2D eigenvalue weighted by Crippen LogP contribution is -2.10. The lowest BCUT2D eigenvalue weighted by molar-refractivity contribution is 0.100. The van der Waals surface area contributed by atoms with Crippen LogP contribution in [0.15, 0.2) is 34.9 Å². The Kier molecular flexibility index (Phi) is 4.11. The van der Waals surface area contributed by atoms with Crippen LogP contribution in [0.1, 0.15) is 23.1 Å². The normalized spacial score (nSPS) is 10.2. The van der Waals surface area contributed by atoms with Gasteiger partial charge in [-0.25, -0.2) is 4.98 Å². The summed E-state index contributed by atoms with van der Waals surface area (Å²) >= 11 is 3.31. The van der Waals surface area contributed by atoms with Gasteiger partial charge in [0.25, 0.3) is 0 Å². The Hall–Kier alpha value is -1.95. The summed E-state index contributed by atoms with van der Waals surface area (Å²) in [4.78, 5) is 19.4. The number of aromatic nitrogens is 2. The fourth-order valence-electron chi connectivity index (χ4n) is 1.46. The Bertz CT molecular complexity index is 599. The Morgan fingerprint density at radius 2 is 2.00 bits per heavy atom. The van der Waals surface area contributed by atoms with Gasteiger partial charge in [0.15, 0.2) is 0 Å². The molecule has 0 bridgehead atoms. The number of benzene rings is 1. The molecule has 0 saturated heterocycles. The molecule has 1 aromatic heterocycles. The van der Waals surface area contributed by atoms with Crippen LogP contribution in [-0.2, 0) is 6.42 Å². The van der Waals surface area contributed by atoms with Gasteiger partial charge in [-0.2, -0.15) is 4.98 Å². The van der Waals surface area contributed by atoms with Crippen molar-refractivity contribution in [3.8, 4) is 11.6 Å². The first-order valence-corrected chi connectivity index (χ1v) is 6.49. The van der Waals surface area contributed by atoms with Gasteiger partial charge in [-0.15, -0.1) is 0 Å². The zero-order valence-electron chi connectivity index (χ0n) is 10.3. The predicted octanol–water partition coefficient (Wildman–Crippen LogP) is 2.69. The number of nitrogens with zero attached hydrogens (tertiary/aromatic N) is 2. The number of rotatable bonds is 4. The Morgan fingerprint density at radius 3 is 2.58 bits per heavy atom. The van der Waals surface area contributed by atoms with Gasteiger partial charge < -0.3 is 10.5 Å². The number of primary amides is 1. The van der Waals surface area contributed by atoms with E-state index in [9.17, 15) is 4.79 Å². The largest absolute Gasteiger partial charge is 0.439 e. The fraction of sp³-hybridized carbons (Fsp3) is 0.154. The van der Waals surface area contributed by atoms with Gasteiger partial charge in [0.2, 0.25) is 11.8 Å². The van der Waals surface area contributed by atoms with E-state index in [2.05, 4.69) is 25.9 Å². The number of hydrogen-bond donors (Lipinski definition) is 1. The highest BCUT2D eigenvalue weighted by molar-refractivity contribution is 9.10. The first kappa shape index (κ1) is 13.5. The number of amides is 1. The Labute approximate surface area is 119 Å². The third kappa shape index (κ3) is 3.51. The van der Waals surface area contributed by atoms with Gasteiger partial charge in [0.05, 0.1) is 0 Å². The number of ether oxygens (including phenoxy) is 1. The second-order valence-corrected chi connectivity index (χ2v) is 4.60. The van der Waals surface area contributed by atoms with E-state index >= 15 is 0 Å². The summed E-state index contributed by atoms with van der Waals surface area (Å²) in [7, 11) is 0. The molecule has 0 fully saturated rings. The molecule has 1 amide bonds. The van der Waals surface area contributed by atoms with Crippen molar-refractivity contribution in [2.75, 3.05) is 0 Å². The van der Waals surface area contributed by atoms with Crippen molar-refractivity contribution in [3.63, 3.8) is 0 Å². The number of nitrogens with two attached hydrogens (primary N) is 1. The van der Waals surface area contributed by atoms with E-state index < -0.39 is 5.91 Å². The van der Waals surface area contributed by atoms with Crippen LogP contribution in [0.3, 0.4) is 0 Å². The van der Waals surface area contributed by atoms with Crippen molar-refractivity contribution >= 4 is 21.8 Å². The number of carbonyl (C=O) groups excluding carboxylic acids is 1. The molecule has 2 aromatic rings. The maximum atomic E-state index is 11.0. The maximum Gasteiger partial charge on any atom is 0.248 e. The molecule has 0 aliphatic heterocycles. The van der Waals surface area contributed by atoms with Gasteiger partial charge in [-0.1, -0.05) is 6.92 Å². The molecule has 1 heterocycles. The van der Waals surface area contributed by atoms with E-state index in [1.807, 2.05) is 6.92 Å². The Morgan fingerprint density at radius 1 is 1.32 bits per heavy atom. The van der Waals surface area contributed by atoms with E-state index in [1.165, 1.54) is 0 Å². The highest BCUT2D eigenvalue weighted by atomic mass is 79.9. The molecule has 0 unspecified atom stereocenters. The second kappa shape index (κ2) is 5.79. The minimum absolute atomic E-state index is 0.436. The van der Waals surface area contributed by atoms with Gasteiger partial charge in [0, 0.05) is 18.1 Å². The third-order valence-electron chi connectivity index (χ3n) is 2.40. The minimum Gasteiger partial charge on any atom is -0.439 e. The van der Waals surface area contributed by atoms with Crippen LogP contribution in [0.25, 0.3) is 0 Å². The van der Waals surface area contributed by atoms with Crippen molar-refractivity contribution < 1.29 is 9.53 Å². The highest BCUT2D eigenvalue weighted by Crippen LogP contribution is 2.22. The molecule has 0 atom stereocenters. The highest BCUT2D eigenvalue weighted by Gasteiger charge is 2.05. The molecule has 2 rings (SSSR count). The summed E-state index contributed by atoms with van der Waals surface area (Å²) in [6, 6.07) is 8.23. The minimum atomic E-state index is -0.468. The van der Waals surface area contributed by atoms with Gasteiger partial charge in [-0.05, 0) is 40.2 Å². The van der Waals surface area contributed by atoms with Gasteiger partial charge >= 0.3 is 0 Å². The molecular weight excluding hydrogens is 310 g/mol. The fourth-order valence-corrected chi connectivity index (χ4v) is 1.86. The molecular formula is C13H12BrN3O2. The first-order valence-electron chi connectivity index (χ1n) is 5.69. The number of halogens is 1. The average Bonchev–Trinajstić information content (AvgIpc) is 2.38. The topological polar surface area (TPSA) is 78.1 Å². The molecule has 0 spiro atoms. The van der Waals surface area contributed by atoms with Crippen LogP contribution in [0.2, 0.25) is 0 Å². The van der Waals surface area contributed by atoms with E-state index in [0.717, 1.165) is 6.42 Å². The lowest BCUT2D eigenvalue weighted by atomic mass is 10.2. The summed E-state index contributed by atoms with van der Waals surface area (Å²) in [5.74, 6) is 1.26. The smallest absolute Gasteiger partial charge is 0.248 e. The molecule has 5 nitrogen and oxygen atoms in total. The van der Waals surface area contributed by atoms with E-state index in [0.29, 0.717) is 27.6 Å². The summed E-state index contributed by atoms with van der Waals surface area (Å²) in [5, 5.41) is 0. The van der Waals surface area contributed by atoms with E-state index in [-0.39, 0.29) is 0 Å².